The van der Waals surface area contributed by atoms with E-state index in [2.05, 4.69) is 9.97 Å². The van der Waals surface area contributed by atoms with Crippen molar-refractivity contribution in [3.8, 4) is 23.3 Å². The Labute approximate surface area is 135 Å². The van der Waals surface area contributed by atoms with Gasteiger partial charge in [-0.1, -0.05) is 6.42 Å². The number of ether oxygens (including phenoxy) is 3. The summed E-state index contributed by atoms with van der Waals surface area (Å²) in [5, 5.41) is 0. The number of hydrogen-bond donors (Lipinski definition) is 1. The van der Waals surface area contributed by atoms with E-state index in [1.54, 1.807) is 19.2 Å². The van der Waals surface area contributed by atoms with Crippen LogP contribution in [0, 0.1) is 0 Å². The van der Waals surface area contributed by atoms with Gasteiger partial charge in [0.2, 0.25) is 11.8 Å². The first-order valence-electron chi connectivity index (χ1n) is 7.85. The summed E-state index contributed by atoms with van der Waals surface area (Å²) in [4.78, 5) is 8.24. The Hall–Kier alpha value is -2.50. The van der Waals surface area contributed by atoms with Crippen molar-refractivity contribution in [3.63, 3.8) is 0 Å². The van der Waals surface area contributed by atoms with E-state index in [0.717, 1.165) is 18.6 Å². The quantitative estimate of drug-likeness (QED) is 0.908. The number of rotatable bonds is 5. The number of anilines is 1. The van der Waals surface area contributed by atoms with Crippen LogP contribution in [0.15, 0.2) is 30.6 Å². The molecular formula is C17H21N3O3. The second-order valence-electron chi connectivity index (χ2n) is 5.55. The first kappa shape index (κ1) is 15.4. The molecule has 23 heavy (non-hydrogen) atoms. The Morgan fingerprint density at radius 1 is 0.957 bits per heavy atom. The minimum atomic E-state index is 0.176. The van der Waals surface area contributed by atoms with Crippen molar-refractivity contribution >= 4 is 5.69 Å². The summed E-state index contributed by atoms with van der Waals surface area (Å²) in [5.41, 5.74) is 6.43. The van der Waals surface area contributed by atoms with E-state index in [1.165, 1.54) is 25.6 Å². The molecule has 0 spiro atoms. The SMILES string of the molecule is COc1ccc(Oc2ncnc(OC3CCCCC3)c2N)cc1. The number of aromatic nitrogens is 2. The fourth-order valence-electron chi connectivity index (χ4n) is 2.64. The molecule has 6 nitrogen and oxygen atoms in total. The molecule has 1 aliphatic rings. The molecule has 0 amide bonds. The zero-order chi connectivity index (χ0) is 16.1. The Kier molecular flexibility index (Phi) is 4.80. The van der Waals surface area contributed by atoms with Crippen LogP contribution in [0.3, 0.4) is 0 Å². The topological polar surface area (TPSA) is 79.5 Å². The first-order chi connectivity index (χ1) is 11.3. The third-order valence-electron chi connectivity index (χ3n) is 3.92. The molecular weight excluding hydrogens is 294 g/mol. The lowest BCUT2D eigenvalue weighted by Gasteiger charge is -2.23. The van der Waals surface area contributed by atoms with Crippen LogP contribution in [0.5, 0.6) is 23.3 Å². The molecule has 2 aromatic rings. The van der Waals surface area contributed by atoms with Gasteiger partial charge in [0.1, 0.15) is 23.9 Å². The second kappa shape index (κ2) is 7.17. The summed E-state index contributed by atoms with van der Waals surface area (Å²) >= 11 is 0. The van der Waals surface area contributed by atoms with Crippen molar-refractivity contribution in [3.05, 3.63) is 30.6 Å². The standard InChI is InChI=1S/C17H21N3O3/c1-21-12-7-9-14(10-8-12)23-17-15(18)16(19-11-20-17)22-13-5-3-2-4-6-13/h7-11,13H,2-6,18H2,1H3. The van der Waals surface area contributed by atoms with Crippen molar-refractivity contribution in [2.24, 2.45) is 0 Å². The molecule has 0 aliphatic heterocycles. The zero-order valence-corrected chi connectivity index (χ0v) is 13.2. The molecule has 1 heterocycles. The van der Waals surface area contributed by atoms with Crippen LogP contribution >= 0.6 is 0 Å². The third-order valence-corrected chi connectivity index (χ3v) is 3.92. The maximum absolute atomic E-state index is 6.10. The summed E-state index contributed by atoms with van der Waals surface area (Å²) in [6.45, 7) is 0. The minimum Gasteiger partial charge on any atom is -0.497 e. The van der Waals surface area contributed by atoms with Crippen LogP contribution in [-0.2, 0) is 0 Å². The van der Waals surface area contributed by atoms with Crippen molar-refractivity contribution in [1.29, 1.82) is 0 Å². The van der Waals surface area contributed by atoms with Crippen LogP contribution in [0.2, 0.25) is 0 Å². The van der Waals surface area contributed by atoms with Crippen LogP contribution in [0.4, 0.5) is 5.69 Å². The molecule has 3 rings (SSSR count). The van der Waals surface area contributed by atoms with Gasteiger partial charge in [-0.05, 0) is 49.9 Å². The highest BCUT2D eigenvalue weighted by atomic mass is 16.5. The van der Waals surface area contributed by atoms with Crippen LogP contribution < -0.4 is 19.9 Å². The fraction of sp³-hybridized carbons (Fsp3) is 0.412. The van der Waals surface area contributed by atoms with E-state index >= 15 is 0 Å². The van der Waals surface area contributed by atoms with Crippen LogP contribution in [0.1, 0.15) is 32.1 Å². The fourth-order valence-corrected chi connectivity index (χ4v) is 2.64. The number of methoxy groups -OCH3 is 1. The second-order valence-corrected chi connectivity index (χ2v) is 5.55. The lowest BCUT2D eigenvalue weighted by molar-refractivity contribution is 0.149. The molecule has 6 heteroatoms. The highest BCUT2D eigenvalue weighted by Gasteiger charge is 2.19. The molecule has 1 aromatic heterocycles. The molecule has 1 fully saturated rings. The molecule has 122 valence electrons. The normalized spacial score (nSPS) is 15.2. The number of benzene rings is 1. The number of nitrogen functional groups attached to an aromatic ring is 1. The predicted octanol–water partition coefficient (Wildman–Crippen LogP) is 3.57. The lowest BCUT2D eigenvalue weighted by Crippen LogP contribution is -2.21. The maximum Gasteiger partial charge on any atom is 0.249 e. The average Bonchev–Trinajstić information content (AvgIpc) is 2.60. The Balaban J connectivity index is 1.72. The summed E-state index contributed by atoms with van der Waals surface area (Å²) in [7, 11) is 1.62. The smallest absolute Gasteiger partial charge is 0.249 e. The molecule has 2 N–H and O–H groups in total. The predicted molar refractivity (Wildman–Crippen MR) is 87.0 cm³/mol. The molecule has 1 aliphatic carbocycles. The number of nitrogens with two attached hydrogens (primary N) is 1. The van der Waals surface area contributed by atoms with Gasteiger partial charge in [0.05, 0.1) is 7.11 Å². The van der Waals surface area contributed by atoms with Gasteiger partial charge in [-0.3, -0.25) is 0 Å². The molecule has 0 atom stereocenters. The largest absolute Gasteiger partial charge is 0.497 e. The van der Waals surface area contributed by atoms with E-state index in [0.29, 0.717) is 23.2 Å². The van der Waals surface area contributed by atoms with Gasteiger partial charge >= 0.3 is 0 Å². The third kappa shape index (κ3) is 3.83. The van der Waals surface area contributed by atoms with Gasteiger partial charge < -0.3 is 19.9 Å². The van der Waals surface area contributed by atoms with Gasteiger partial charge in [0.25, 0.3) is 0 Å². The molecule has 1 aromatic carbocycles. The Bertz CT molecular complexity index is 640. The Morgan fingerprint density at radius 3 is 2.30 bits per heavy atom. The van der Waals surface area contributed by atoms with Gasteiger partial charge in [-0.2, -0.15) is 9.97 Å². The molecule has 0 saturated heterocycles. The molecule has 1 saturated carbocycles. The van der Waals surface area contributed by atoms with Gasteiger partial charge in [0.15, 0.2) is 5.69 Å². The molecule has 0 unspecified atom stereocenters. The minimum absolute atomic E-state index is 0.176. The van der Waals surface area contributed by atoms with Crippen molar-refractivity contribution in [2.45, 2.75) is 38.2 Å². The van der Waals surface area contributed by atoms with E-state index in [1.807, 2.05) is 12.1 Å². The molecule has 0 bridgehead atoms. The summed E-state index contributed by atoms with van der Waals surface area (Å²) < 4.78 is 16.8. The maximum atomic E-state index is 6.10. The lowest BCUT2D eigenvalue weighted by atomic mass is 9.98. The van der Waals surface area contributed by atoms with Crippen molar-refractivity contribution in [1.82, 2.24) is 9.97 Å². The van der Waals surface area contributed by atoms with Gasteiger partial charge in [-0.15, -0.1) is 0 Å². The number of hydrogen-bond acceptors (Lipinski definition) is 6. The van der Waals surface area contributed by atoms with Crippen LogP contribution in [0.25, 0.3) is 0 Å². The average molecular weight is 315 g/mol. The van der Waals surface area contributed by atoms with Gasteiger partial charge in [-0.25, -0.2) is 0 Å². The number of nitrogens with zero attached hydrogens (tertiary/aromatic N) is 2. The van der Waals surface area contributed by atoms with Crippen molar-refractivity contribution < 1.29 is 14.2 Å². The summed E-state index contributed by atoms with van der Waals surface area (Å²) in [5.74, 6) is 2.08. The Morgan fingerprint density at radius 2 is 1.61 bits per heavy atom. The zero-order valence-electron chi connectivity index (χ0n) is 13.2. The van der Waals surface area contributed by atoms with Crippen LogP contribution in [-0.4, -0.2) is 23.2 Å². The van der Waals surface area contributed by atoms with E-state index in [4.69, 9.17) is 19.9 Å². The van der Waals surface area contributed by atoms with Gasteiger partial charge in [0, 0.05) is 0 Å². The highest BCUT2D eigenvalue weighted by molar-refractivity contribution is 5.57. The van der Waals surface area contributed by atoms with Crippen molar-refractivity contribution in [2.75, 3.05) is 12.8 Å². The monoisotopic (exact) mass is 315 g/mol. The summed E-state index contributed by atoms with van der Waals surface area (Å²) in [6.07, 6.45) is 7.30. The van der Waals surface area contributed by atoms with E-state index in [-0.39, 0.29) is 6.10 Å². The summed E-state index contributed by atoms with van der Waals surface area (Å²) in [6, 6.07) is 7.21. The first-order valence-corrected chi connectivity index (χ1v) is 7.85. The van der Waals surface area contributed by atoms with E-state index < -0.39 is 0 Å². The highest BCUT2D eigenvalue weighted by Crippen LogP contribution is 2.33. The van der Waals surface area contributed by atoms with E-state index in [9.17, 15) is 0 Å². The molecule has 0 radical (unpaired) electrons.